The zero-order valence-electron chi connectivity index (χ0n) is 11.1. The van der Waals surface area contributed by atoms with Crippen LogP contribution in [0.1, 0.15) is 10.4 Å². The maximum Gasteiger partial charge on any atom is 0.461 e. The fourth-order valence-electron chi connectivity index (χ4n) is 1.92. The number of carbonyl (C=O) groups is 1. The number of amides is 1. The Hall–Kier alpha value is -2.57. The maximum absolute atomic E-state index is 13.2. The minimum absolute atomic E-state index is 0.0593. The summed E-state index contributed by atoms with van der Waals surface area (Å²) in [7, 11) is 0. The molecule has 0 atom stereocenters. The molecule has 0 aliphatic heterocycles. The van der Waals surface area contributed by atoms with Gasteiger partial charge in [0.1, 0.15) is 5.75 Å². The molecule has 0 aliphatic carbocycles. The number of nitrogens with two attached hydrogens (primary N) is 1. The monoisotopic (exact) mass is 313 g/mol. The molecule has 7 heteroatoms. The topological polar surface area (TPSA) is 52.3 Å². The summed E-state index contributed by atoms with van der Waals surface area (Å²) in [6.07, 6.45) is -8.69. The van der Waals surface area contributed by atoms with Crippen LogP contribution in [-0.4, -0.2) is 18.4 Å². The second kappa shape index (κ2) is 6.05. The number of alkyl halides is 4. The van der Waals surface area contributed by atoms with E-state index in [-0.39, 0.29) is 11.1 Å². The Morgan fingerprint density at radius 1 is 1.05 bits per heavy atom. The molecule has 2 aromatic rings. The molecule has 0 unspecified atom stereocenters. The van der Waals surface area contributed by atoms with Gasteiger partial charge in [-0.15, -0.1) is 0 Å². The first-order valence-electron chi connectivity index (χ1n) is 6.16. The van der Waals surface area contributed by atoms with E-state index in [1.165, 1.54) is 24.3 Å². The Bertz CT molecular complexity index is 674. The molecule has 0 radical (unpaired) electrons. The molecule has 2 N–H and O–H groups in total. The second-order valence-corrected chi connectivity index (χ2v) is 4.37. The smallest absolute Gasteiger partial charge is 0.428 e. The van der Waals surface area contributed by atoms with Gasteiger partial charge in [-0.1, -0.05) is 36.4 Å². The van der Waals surface area contributed by atoms with Gasteiger partial charge >= 0.3 is 12.5 Å². The summed E-state index contributed by atoms with van der Waals surface area (Å²) >= 11 is 0. The standard InChI is InChI=1S/C15H11F4NO2/c16-14(17)15(18,19)22-11-8-4-7-10(13(20)21)12(11)9-5-2-1-3-6-9/h1-8,14H,(H2,20,21). The molecule has 0 bridgehead atoms. The molecular weight excluding hydrogens is 302 g/mol. The van der Waals surface area contributed by atoms with Gasteiger partial charge < -0.3 is 10.5 Å². The Morgan fingerprint density at radius 3 is 2.23 bits per heavy atom. The van der Waals surface area contributed by atoms with Crippen LogP contribution in [0.2, 0.25) is 0 Å². The van der Waals surface area contributed by atoms with Crippen molar-refractivity contribution in [2.24, 2.45) is 5.73 Å². The largest absolute Gasteiger partial charge is 0.461 e. The maximum atomic E-state index is 13.2. The van der Waals surface area contributed by atoms with Crippen molar-refractivity contribution in [1.29, 1.82) is 0 Å². The van der Waals surface area contributed by atoms with Gasteiger partial charge in [0, 0.05) is 5.56 Å². The van der Waals surface area contributed by atoms with Crippen LogP contribution in [-0.2, 0) is 0 Å². The molecule has 0 saturated heterocycles. The quantitative estimate of drug-likeness (QED) is 0.856. The molecule has 0 fully saturated rings. The summed E-state index contributed by atoms with van der Waals surface area (Å²) in [5, 5.41) is 0. The van der Waals surface area contributed by atoms with E-state index in [4.69, 9.17) is 5.73 Å². The van der Waals surface area contributed by atoms with E-state index in [1.807, 2.05) is 0 Å². The van der Waals surface area contributed by atoms with Crippen LogP contribution in [0.25, 0.3) is 11.1 Å². The van der Waals surface area contributed by atoms with E-state index in [0.717, 1.165) is 6.07 Å². The van der Waals surface area contributed by atoms with Gasteiger partial charge in [-0.25, -0.2) is 0 Å². The van der Waals surface area contributed by atoms with Crippen molar-refractivity contribution >= 4 is 5.91 Å². The predicted octanol–water partition coefficient (Wildman–Crippen LogP) is 3.69. The third-order valence-electron chi connectivity index (χ3n) is 2.85. The summed E-state index contributed by atoms with van der Waals surface area (Å²) in [4.78, 5) is 11.5. The zero-order valence-corrected chi connectivity index (χ0v) is 11.1. The van der Waals surface area contributed by atoms with Crippen LogP contribution in [0.5, 0.6) is 5.75 Å². The van der Waals surface area contributed by atoms with Crippen LogP contribution in [0, 0.1) is 0 Å². The molecule has 2 aromatic carbocycles. The van der Waals surface area contributed by atoms with Gasteiger partial charge in [-0.2, -0.15) is 17.6 Å². The van der Waals surface area contributed by atoms with Crippen molar-refractivity contribution in [3.8, 4) is 16.9 Å². The molecule has 22 heavy (non-hydrogen) atoms. The fourth-order valence-corrected chi connectivity index (χ4v) is 1.92. The van der Waals surface area contributed by atoms with Crippen molar-refractivity contribution < 1.29 is 27.1 Å². The number of primary amides is 1. The van der Waals surface area contributed by atoms with Crippen molar-refractivity contribution in [2.45, 2.75) is 12.5 Å². The highest BCUT2D eigenvalue weighted by Crippen LogP contribution is 2.37. The first-order chi connectivity index (χ1) is 10.3. The number of rotatable bonds is 5. The van der Waals surface area contributed by atoms with Gasteiger partial charge in [-0.3, -0.25) is 4.79 Å². The average molecular weight is 313 g/mol. The summed E-state index contributed by atoms with van der Waals surface area (Å²) in [5.74, 6) is -1.43. The van der Waals surface area contributed by atoms with Crippen LogP contribution in [0.3, 0.4) is 0 Å². The third-order valence-corrected chi connectivity index (χ3v) is 2.85. The molecule has 1 amide bonds. The number of ether oxygens (including phenoxy) is 1. The summed E-state index contributed by atoms with van der Waals surface area (Å²) in [6, 6.07) is 11.5. The number of hydrogen-bond acceptors (Lipinski definition) is 2. The fraction of sp³-hybridized carbons (Fsp3) is 0.133. The number of benzene rings is 2. The summed E-state index contributed by atoms with van der Waals surface area (Å²) in [5.41, 5.74) is 5.40. The van der Waals surface area contributed by atoms with Crippen molar-refractivity contribution in [3.63, 3.8) is 0 Å². The highest BCUT2D eigenvalue weighted by atomic mass is 19.3. The summed E-state index contributed by atoms with van der Waals surface area (Å²) < 4.78 is 55.1. The molecule has 0 spiro atoms. The molecule has 2 rings (SSSR count). The normalized spacial score (nSPS) is 11.5. The van der Waals surface area contributed by atoms with E-state index < -0.39 is 24.2 Å². The lowest BCUT2D eigenvalue weighted by molar-refractivity contribution is -0.253. The van der Waals surface area contributed by atoms with Gasteiger partial charge in [0.25, 0.3) is 0 Å². The Kier molecular flexibility index (Phi) is 4.35. The van der Waals surface area contributed by atoms with Crippen LogP contribution in [0.15, 0.2) is 48.5 Å². The van der Waals surface area contributed by atoms with Crippen LogP contribution in [0.4, 0.5) is 17.6 Å². The van der Waals surface area contributed by atoms with E-state index in [1.54, 1.807) is 18.2 Å². The highest BCUT2D eigenvalue weighted by molar-refractivity contribution is 6.01. The second-order valence-electron chi connectivity index (χ2n) is 4.37. The van der Waals surface area contributed by atoms with Gasteiger partial charge in [0.2, 0.25) is 5.91 Å². The lowest BCUT2D eigenvalue weighted by Crippen LogP contribution is -2.33. The minimum Gasteiger partial charge on any atom is -0.428 e. The number of hydrogen-bond donors (Lipinski definition) is 1. The van der Waals surface area contributed by atoms with Gasteiger partial charge in [0.05, 0.1) is 5.56 Å². The first kappa shape index (κ1) is 15.8. The van der Waals surface area contributed by atoms with E-state index in [2.05, 4.69) is 4.74 Å². The Labute approximate surface area is 123 Å². The first-order valence-corrected chi connectivity index (χ1v) is 6.16. The molecule has 116 valence electrons. The SMILES string of the molecule is NC(=O)c1cccc(OC(F)(F)C(F)F)c1-c1ccccc1. The summed E-state index contributed by atoms with van der Waals surface area (Å²) in [6.45, 7) is 0. The number of halogens is 4. The lowest BCUT2D eigenvalue weighted by atomic mass is 9.98. The van der Waals surface area contributed by atoms with E-state index >= 15 is 0 Å². The molecule has 0 aromatic heterocycles. The van der Waals surface area contributed by atoms with E-state index in [0.29, 0.717) is 5.56 Å². The van der Waals surface area contributed by atoms with Crippen LogP contribution >= 0.6 is 0 Å². The average Bonchev–Trinajstić information content (AvgIpc) is 2.47. The number of carbonyl (C=O) groups excluding carboxylic acids is 1. The van der Waals surface area contributed by atoms with Crippen molar-refractivity contribution in [3.05, 3.63) is 54.1 Å². The van der Waals surface area contributed by atoms with Gasteiger partial charge in [-0.05, 0) is 17.7 Å². The molecule has 3 nitrogen and oxygen atoms in total. The molecule has 0 aliphatic rings. The van der Waals surface area contributed by atoms with Crippen molar-refractivity contribution in [1.82, 2.24) is 0 Å². The van der Waals surface area contributed by atoms with Crippen molar-refractivity contribution in [2.75, 3.05) is 0 Å². The van der Waals surface area contributed by atoms with Crippen LogP contribution < -0.4 is 10.5 Å². The Balaban J connectivity index is 2.60. The molecule has 0 heterocycles. The lowest BCUT2D eigenvalue weighted by Gasteiger charge is -2.20. The predicted molar refractivity (Wildman–Crippen MR) is 72.0 cm³/mol. The van der Waals surface area contributed by atoms with E-state index in [9.17, 15) is 22.4 Å². The van der Waals surface area contributed by atoms with Gasteiger partial charge in [0.15, 0.2) is 0 Å². The minimum atomic E-state index is -4.68. The third kappa shape index (κ3) is 3.19. The molecular formula is C15H11F4NO2. The highest BCUT2D eigenvalue weighted by Gasteiger charge is 2.44. The molecule has 0 saturated carbocycles. The zero-order chi connectivity index (χ0) is 16.3. The Morgan fingerprint density at radius 2 is 1.68 bits per heavy atom.